The molecule has 0 saturated heterocycles. The number of rotatable bonds is 5. The van der Waals surface area contributed by atoms with Crippen LogP contribution in [-0.4, -0.2) is 27.0 Å². The minimum Gasteiger partial charge on any atom is -0.476 e. The average Bonchev–Trinajstić information content (AvgIpc) is 2.79. The normalized spacial score (nSPS) is 15.2. The van der Waals surface area contributed by atoms with Crippen molar-refractivity contribution < 1.29 is 17.9 Å². The Labute approximate surface area is 193 Å². The minimum absolute atomic E-state index is 0.147. The zero-order chi connectivity index (χ0) is 23.6. The van der Waals surface area contributed by atoms with Crippen LogP contribution in [0.5, 0.6) is 5.75 Å². The number of nitrogens with one attached hydrogen (secondary N) is 1. The van der Waals surface area contributed by atoms with E-state index in [1.54, 1.807) is 60.7 Å². The van der Waals surface area contributed by atoms with Crippen LogP contribution in [0, 0.1) is 25.2 Å². The molecule has 1 heterocycles. The third kappa shape index (κ3) is 4.69. The quantitative estimate of drug-likeness (QED) is 0.620. The standard InChI is InChI=1S/C25H23N3O4S/c1-17-3-10-21(11-4-17)33(30,31)28-16-24(32-23-15-18(2)5-12-22(23)28)25(29)27-20-8-6-19(7-9-20)13-14-26/h3-12,15,24H,13,16H2,1-2H3,(H,27,29)/t24-/m0/s1. The fourth-order valence-corrected chi connectivity index (χ4v) is 5.06. The first-order valence-electron chi connectivity index (χ1n) is 10.4. The maximum Gasteiger partial charge on any atom is 0.267 e. The van der Waals surface area contributed by atoms with Gasteiger partial charge in [-0.2, -0.15) is 5.26 Å². The fourth-order valence-electron chi connectivity index (χ4n) is 3.58. The molecule has 1 amide bonds. The van der Waals surface area contributed by atoms with Crippen LogP contribution < -0.4 is 14.4 Å². The average molecular weight is 462 g/mol. The number of anilines is 2. The summed E-state index contributed by atoms with van der Waals surface area (Å²) in [5, 5.41) is 11.6. The summed E-state index contributed by atoms with van der Waals surface area (Å²) >= 11 is 0. The van der Waals surface area contributed by atoms with Gasteiger partial charge in [0.25, 0.3) is 15.9 Å². The van der Waals surface area contributed by atoms with E-state index in [0.29, 0.717) is 17.1 Å². The summed E-state index contributed by atoms with van der Waals surface area (Å²) in [6.07, 6.45) is -0.764. The Kier molecular flexibility index (Phi) is 6.07. The largest absolute Gasteiger partial charge is 0.476 e. The van der Waals surface area contributed by atoms with Crippen LogP contribution in [0.4, 0.5) is 11.4 Å². The Bertz CT molecular complexity index is 1330. The van der Waals surface area contributed by atoms with Crippen LogP contribution in [0.3, 0.4) is 0 Å². The first kappa shape index (κ1) is 22.4. The summed E-state index contributed by atoms with van der Waals surface area (Å²) in [5.74, 6) is -0.124. The van der Waals surface area contributed by atoms with Crippen molar-refractivity contribution in [1.29, 1.82) is 5.26 Å². The van der Waals surface area contributed by atoms with Gasteiger partial charge in [0.2, 0.25) is 0 Å². The number of amides is 1. The van der Waals surface area contributed by atoms with E-state index in [1.807, 2.05) is 19.9 Å². The Hall–Kier alpha value is -3.83. The van der Waals surface area contributed by atoms with E-state index in [0.717, 1.165) is 16.7 Å². The molecular formula is C25H23N3O4S. The zero-order valence-electron chi connectivity index (χ0n) is 18.3. The molecule has 7 nitrogen and oxygen atoms in total. The van der Waals surface area contributed by atoms with Crippen molar-refractivity contribution in [3.63, 3.8) is 0 Å². The van der Waals surface area contributed by atoms with Crippen molar-refractivity contribution in [3.8, 4) is 11.8 Å². The van der Waals surface area contributed by atoms with Crippen LogP contribution in [0.1, 0.15) is 16.7 Å². The lowest BCUT2D eigenvalue weighted by Gasteiger charge is -2.35. The predicted molar refractivity (Wildman–Crippen MR) is 126 cm³/mol. The Morgan fingerprint density at radius 3 is 2.39 bits per heavy atom. The molecule has 0 spiro atoms. The van der Waals surface area contributed by atoms with Gasteiger partial charge in [-0.15, -0.1) is 0 Å². The molecule has 0 aromatic heterocycles. The van der Waals surface area contributed by atoms with Crippen LogP contribution in [0.25, 0.3) is 0 Å². The third-order valence-electron chi connectivity index (χ3n) is 5.39. The van der Waals surface area contributed by atoms with E-state index in [1.165, 1.54) is 4.31 Å². The molecule has 0 radical (unpaired) electrons. The van der Waals surface area contributed by atoms with Crippen LogP contribution in [-0.2, 0) is 21.2 Å². The molecule has 0 unspecified atom stereocenters. The number of nitrogens with zero attached hydrogens (tertiary/aromatic N) is 2. The second kappa shape index (κ2) is 8.96. The second-order valence-electron chi connectivity index (χ2n) is 7.95. The summed E-state index contributed by atoms with van der Waals surface area (Å²) in [6, 6.07) is 20.8. The Morgan fingerprint density at radius 2 is 1.73 bits per heavy atom. The first-order chi connectivity index (χ1) is 15.8. The number of benzene rings is 3. The van der Waals surface area contributed by atoms with Gasteiger partial charge >= 0.3 is 0 Å². The lowest BCUT2D eigenvalue weighted by atomic mass is 10.1. The van der Waals surface area contributed by atoms with Crippen molar-refractivity contribution >= 4 is 27.3 Å². The SMILES string of the molecule is Cc1ccc(S(=O)(=O)N2C[C@@H](C(=O)Nc3ccc(CC#N)cc3)Oc3cc(C)ccc32)cc1. The van der Waals surface area contributed by atoms with E-state index >= 15 is 0 Å². The summed E-state index contributed by atoms with van der Waals surface area (Å²) in [7, 11) is -3.91. The monoisotopic (exact) mass is 461 g/mol. The number of ether oxygens (including phenoxy) is 1. The maximum absolute atomic E-state index is 13.5. The zero-order valence-corrected chi connectivity index (χ0v) is 19.1. The molecule has 8 heteroatoms. The highest BCUT2D eigenvalue weighted by molar-refractivity contribution is 7.92. The third-order valence-corrected chi connectivity index (χ3v) is 7.18. The number of sulfonamides is 1. The molecule has 33 heavy (non-hydrogen) atoms. The fraction of sp³-hybridized carbons (Fsp3) is 0.200. The number of nitriles is 1. The predicted octanol–water partition coefficient (Wildman–Crippen LogP) is 3.96. The topological polar surface area (TPSA) is 99.5 Å². The lowest BCUT2D eigenvalue weighted by molar-refractivity contribution is -0.122. The van der Waals surface area contributed by atoms with E-state index in [-0.39, 0.29) is 17.9 Å². The van der Waals surface area contributed by atoms with Crippen molar-refractivity contribution in [3.05, 3.63) is 83.4 Å². The molecule has 3 aromatic rings. The van der Waals surface area contributed by atoms with Crippen molar-refractivity contribution in [2.24, 2.45) is 0 Å². The van der Waals surface area contributed by atoms with Crippen molar-refractivity contribution in [2.45, 2.75) is 31.3 Å². The lowest BCUT2D eigenvalue weighted by Crippen LogP contribution is -2.48. The van der Waals surface area contributed by atoms with Crippen LogP contribution >= 0.6 is 0 Å². The van der Waals surface area contributed by atoms with Crippen molar-refractivity contribution in [2.75, 3.05) is 16.2 Å². The first-order valence-corrected chi connectivity index (χ1v) is 11.9. The van der Waals surface area contributed by atoms with E-state index in [2.05, 4.69) is 11.4 Å². The van der Waals surface area contributed by atoms with Gasteiger partial charge in [0.15, 0.2) is 6.10 Å². The highest BCUT2D eigenvalue weighted by atomic mass is 32.2. The molecule has 0 bridgehead atoms. The molecular weight excluding hydrogens is 438 g/mol. The van der Waals surface area contributed by atoms with Gasteiger partial charge in [-0.05, 0) is 61.4 Å². The molecule has 1 aliphatic rings. The molecule has 1 aliphatic heterocycles. The molecule has 4 rings (SSSR count). The molecule has 1 N–H and O–H groups in total. The van der Waals surface area contributed by atoms with E-state index in [9.17, 15) is 13.2 Å². The Morgan fingerprint density at radius 1 is 1.06 bits per heavy atom. The van der Waals surface area contributed by atoms with Gasteiger partial charge in [-0.1, -0.05) is 35.9 Å². The Balaban J connectivity index is 1.64. The summed E-state index contributed by atoms with van der Waals surface area (Å²) < 4.78 is 34.1. The molecule has 1 atom stereocenters. The highest BCUT2D eigenvalue weighted by Crippen LogP contribution is 2.38. The van der Waals surface area contributed by atoms with Gasteiger partial charge in [-0.3, -0.25) is 9.10 Å². The molecule has 0 fully saturated rings. The molecule has 168 valence electrons. The van der Waals surface area contributed by atoms with Gasteiger partial charge in [0, 0.05) is 5.69 Å². The van der Waals surface area contributed by atoms with Crippen LogP contribution in [0.15, 0.2) is 71.6 Å². The number of carbonyl (C=O) groups is 1. The van der Waals surface area contributed by atoms with Crippen molar-refractivity contribution in [1.82, 2.24) is 0 Å². The van der Waals surface area contributed by atoms with Crippen LogP contribution in [0.2, 0.25) is 0 Å². The highest BCUT2D eigenvalue weighted by Gasteiger charge is 2.37. The van der Waals surface area contributed by atoms with Gasteiger partial charge < -0.3 is 10.1 Å². The number of fused-ring (bicyclic) bond motifs is 1. The minimum atomic E-state index is -3.91. The van der Waals surface area contributed by atoms with Gasteiger partial charge in [-0.25, -0.2) is 8.42 Å². The van der Waals surface area contributed by atoms with Gasteiger partial charge in [0.1, 0.15) is 5.75 Å². The molecule has 0 saturated carbocycles. The maximum atomic E-state index is 13.5. The smallest absolute Gasteiger partial charge is 0.267 e. The molecule has 3 aromatic carbocycles. The number of aryl methyl sites for hydroxylation is 2. The van der Waals surface area contributed by atoms with Gasteiger partial charge in [0.05, 0.1) is 29.6 Å². The summed E-state index contributed by atoms with van der Waals surface area (Å²) in [6.45, 7) is 3.59. The van der Waals surface area contributed by atoms with E-state index in [4.69, 9.17) is 10.00 Å². The summed E-state index contributed by atoms with van der Waals surface area (Å²) in [5.41, 5.74) is 3.60. The second-order valence-corrected chi connectivity index (χ2v) is 9.81. The van der Waals surface area contributed by atoms with E-state index < -0.39 is 22.0 Å². The summed E-state index contributed by atoms with van der Waals surface area (Å²) in [4.78, 5) is 13.2. The number of carbonyl (C=O) groups excluding carboxylic acids is 1. The number of hydrogen-bond donors (Lipinski definition) is 1. The number of hydrogen-bond acceptors (Lipinski definition) is 5. The molecule has 0 aliphatic carbocycles.